The molecule has 2 amide bonds. The first kappa shape index (κ1) is 20.0. The van der Waals surface area contributed by atoms with Gasteiger partial charge in [-0.3, -0.25) is 9.59 Å². The minimum absolute atomic E-state index is 0. The molecular formula is C15H24BrClN4O2. The van der Waals surface area contributed by atoms with Crippen LogP contribution in [-0.4, -0.2) is 47.0 Å². The number of hydrogen-bond donors (Lipinski definition) is 2. The van der Waals surface area contributed by atoms with Gasteiger partial charge in [0.15, 0.2) is 0 Å². The maximum absolute atomic E-state index is 12.8. The molecule has 1 aromatic rings. The Hall–Kier alpha value is -1.05. The fraction of sp³-hybridized carbons (Fsp3) is 0.600. The summed E-state index contributed by atoms with van der Waals surface area (Å²) in [5.41, 5.74) is 6.04. The van der Waals surface area contributed by atoms with Gasteiger partial charge in [-0.25, -0.2) is 0 Å². The van der Waals surface area contributed by atoms with Crippen LogP contribution >= 0.6 is 28.3 Å². The molecule has 8 heteroatoms. The highest BCUT2D eigenvalue weighted by molar-refractivity contribution is 9.10. The molecule has 1 unspecified atom stereocenters. The van der Waals surface area contributed by atoms with Crippen LogP contribution in [0.5, 0.6) is 0 Å². The number of carbonyl (C=O) groups excluding carboxylic acids is 2. The summed E-state index contributed by atoms with van der Waals surface area (Å²) in [4.78, 5) is 26.2. The molecule has 2 rings (SSSR count). The maximum atomic E-state index is 12.8. The number of aromatic nitrogens is 1. The van der Waals surface area contributed by atoms with Gasteiger partial charge in [0.2, 0.25) is 5.91 Å². The van der Waals surface area contributed by atoms with Gasteiger partial charge < -0.3 is 20.5 Å². The molecule has 1 aliphatic heterocycles. The first-order chi connectivity index (χ1) is 10.5. The predicted molar refractivity (Wildman–Crippen MR) is 95.7 cm³/mol. The van der Waals surface area contributed by atoms with Crippen molar-refractivity contribution >= 4 is 40.2 Å². The topological polar surface area (TPSA) is 80.4 Å². The number of likely N-dealkylation sites (tertiary alicyclic amines) is 1. The van der Waals surface area contributed by atoms with Gasteiger partial charge in [-0.1, -0.05) is 0 Å². The molecule has 0 aromatic carbocycles. The van der Waals surface area contributed by atoms with E-state index in [1.165, 1.54) is 0 Å². The van der Waals surface area contributed by atoms with Gasteiger partial charge in [-0.05, 0) is 41.3 Å². The summed E-state index contributed by atoms with van der Waals surface area (Å²) in [5, 5.41) is 2.88. The van der Waals surface area contributed by atoms with Gasteiger partial charge in [0.1, 0.15) is 5.69 Å². The van der Waals surface area contributed by atoms with E-state index in [1.807, 2.05) is 28.8 Å². The van der Waals surface area contributed by atoms with E-state index >= 15 is 0 Å². The van der Waals surface area contributed by atoms with E-state index < -0.39 is 0 Å². The SMILES string of the molecule is Cl.Cn1cc(Br)cc1C(=O)N1CCCCC1CNC(=O)CCN. The van der Waals surface area contributed by atoms with Gasteiger partial charge in [-0.15, -0.1) is 12.4 Å². The van der Waals surface area contributed by atoms with Crippen LogP contribution in [0.1, 0.15) is 36.2 Å². The summed E-state index contributed by atoms with van der Waals surface area (Å²) in [6, 6.07) is 1.89. The number of aryl methyl sites for hydroxylation is 1. The highest BCUT2D eigenvalue weighted by atomic mass is 79.9. The predicted octanol–water partition coefficient (Wildman–Crippen LogP) is 1.67. The number of nitrogens with one attached hydrogen (secondary N) is 1. The van der Waals surface area contributed by atoms with Crippen molar-refractivity contribution in [3.05, 3.63) is 22.4 Å². The van der Waals surface area contributed by atoms with Crippen molar-refractivity contribution in [3.8, 4) is 0 Å². The van der Waals surface area contributed by atoms with E-state index in [0.717, 1.165) is 30.3 Å². The summed E-state index contributed by atoms with van der Waals surface area (Å²) in [7, 11) is 1.86. The number of nitrogens with two attached hydrogens (primary N) is 1. The molecule has 130 valence electrons. The van der Waals surface area contributed by atoms with E-state index in [0.29, 0.717) is 25.2 Å². The summed E-state index contributed by atoms with van der Waals surface area (Å²) < 4.78 is 2.72. The molecule has 1 fully saturated rings. The number of rotatable bonds is 5. The average Bonchev–Trinajstić information content (AvgIpc) is 2.84. The quantitative estimate of drug-likeness (QED) is 0.779. The molecule has 1 aromatic heterocycles. The largest absolute Gasteiger partial charge is 0.354 e. The van der Waals surface area contributed by atoms with Crippen LogP contribution in [0.2, 0.25) is 0 Å². The van der Waals surface area contributed by atoms with Gasteiger partial charge in [0.05, 0.1) is 0 Å². The van der Waals surface area contributed by atoms with E-state index in [9.17, 15) is 9.59 Å². The molecular weight excluding hydrogens is 384 g/mol. The molecule has 0 radical (unpaired) electrons. The Morgan fingerprint density at radius 2 is 2.17 bits per heavy atom. The lowest BCUT2D eigenvalue weighted by Gasteiger charge is -2.36. The lowest BCUT2D eigenvalue weighted by Crippen LogP contribution is -2.49. The third-order valence-electron chi connectivity index (χ3n) is 3.98. The summed E-state index contributed by atoms with van der Waals surface area (Å²) in [6.07, 6.45) is 5.20. The first-order valence-corrected chi connectivity index (χ1v) is 8.42. The molecule has 1 aliphatic rings. The number of halogens is 2. The second kappa shape index (κ2) is 9.30. The lowest BCUT2D eigenvalue weighted by atomic mass is 10.0. The second-order valence-electron chi connectivity index (χ2n) is 5.65. The van der Waals surface area contributed by atoms with Crippen LogP contribution in [-0.2, 0) is 11.8 Å². The Kier molecular flexibility index (Phi) is 8.08. The van der Waals surface area contributed by atoms with Crippen LogP contribution in [0.4, 0.5) is 0 Å². The summed E-state index contributed by atoms with van der Waals surface area (Å²) in [6.45, 7) is 1.58. The Morgan fingerprint density at radius 1 is 1.43 bits per heavy atom. The number of nitrogens with zero attached hydrogens (tertiary/aromatic N) is 2. The van der Waals surface area contributed by atoms with Crippen molar-refractivity contribution in [1.82, 2.24) is 14.8 Å². The van der Waals surface area contributed by atoms with Crippen LogP contribution < -0.4 is 11.1 Å². The average molecular weight is 408 g/mol. The first-order valence-electron chi connectivity index (χ1n) is 7.62. The van der Waals surface area contributed by atoms with Crippen molar-refractivity contribution in [3.63, 3.8) is 0 Å². The van der Waals surface area contributed by atoms with Crippen molar-refractivity contribution in [2.24, 2.45) is 12.8 Å². The summed E-state index contributed by atoms with van der Waals surface area (Å²) >= 11 is 3.40. The normalized spacial score (nSPS) is 17.5. The Bertz CT molecular complexity index is 550. The molecule has 1 saturated heterocycles. The van der Waals surface area contributed by atoms with E-state index in [1.54, 1.807) is 0 Å². The zero-order chi connectivity index (χ0) is 16.1. The van der Waals surface area contributed by atoms with Crippen LogP contribution in [0.15, 0.2) is 16.7 Å². The molecule has 2 heterocycles. The second-order valence-corrected chi connectivity index (χ2v) is 6.56. The lowest BCUT2D eigenvalue weighted by molar-refractivity contribution is -0.121. The monoisotopic (exact) mass is 406 g/mol. The molecule has 0 spiro atoms. The third-order valence-corrected chi connectivity index (χ3v) is 4.42. The van der Waals surface area contributed by atoms with Crippen LogP contribution in [0.3, 0.4) is 0 Å². The number of carbonyl (C=O) groups is 2. The van der Waals surface area contributed by atoms with Crippen LogP contribution in [0, 0.1) is 0 Å². The van der Waals surface area contributed by atoms with Gasteiger partial charge >= 0.3 is 0 Å². The molecule has 0 aliphatic carbocycles. The minimum atomic E-state index is -0.0536. The van der Waals surface area contributed by atoms with Gasteiger partial charge in [0, 0.05) is 49.8 Å². The number of hydrogen-bond acceptors (Lipinski definition) is 3. The minimum Gasteiger partial charge on any atom is -0.354 e. The molecule has 6 nitrogen and oxygen atoms in total. The van der Waals surface area contributed by atoms with Crippen molar-refractivity contribution in [1.29, 1.82) is 0 Å². The highest BCUT2D eigenvalue weighted by Gasteiger charge is 2.29. The molecule has 23 heavy (non-hydrogen) atoms. The van der Waals surface area contributed by atoms with Crippen LogP contribution in [0.25, 0.3) is 0 Å². The van der Waals surface area contributed by atoms with Crippen molar-refractivity contribution < 1.29 is 9.59 Å². The number of piperidine rings is 1. The molecule has 1 atom stereocenters. The van der Waals surface area contributed by atoms with Gasteiger partial charge in [-0.2, -0.15) is 0 Å². The zero-order valence-corrected chi connectivity index (χ0v) is 15.7. The Morgan fingerprint density at radius 3 is 2.78 bits per heavy atom. The van der Waals surface area contributed by atoms with E-state index in [4.69, 9.17) is 5.73 Å². The van der Waals surface area contributed by atoms with E-state index in [-0.39, 0.29) is 30.3 Å². The smallest absolute Gasteiger partial charge is 0.270 e. The van der Waals surface area contributed by atoms with E-state index in [2.05, 4.69) is 21.2 Å². The zero-order valence-electron chi connectivity index (χ0n) is 13.3. The third kappa shape index (κ3) is 5.22. The standard InChI is InChI=1S/C15H23BrN4O2.ClH/c1-19-10-11(16)8-13(19)15(22)20-7-3-2-4-12(20)9-18-14(21)5-6-17;/h8,10,12H,2-7,9,17H2,1H3,(H,18,21);1H. The fourth-order valence-electron chi connectivity index (χ4n) is 2.82. The number of amides is 2. The maximum Gasteiger partial charge on any atom is 0.270 e. The van der Waals surface area contributed by atoms with Crippen molar-refractivity contribution in [2.45, 2.75) is 31.7 Å². The Balaban J connectivity index is 0.00000264. The molecule has 0 bridgehead atoms. The molecule has 3 N–H and O–H groups in total. The molecule has 0 saturated carbocycles. The van der Waals surface area contributed by atoms with Gasteiger partial charge in [0.25, 0.3) is 5.91 Å². The fourth-order valence-corrected chi connectivity index (χ4v) is 3.34. The Labute approximate surface area is 151 Å². The highest BCUT2D eigenvalue weighted by Crippen LogP contribution is 2.21. The van der Waals surface area contributed by atoms with Crippen molar-refractivity contribution in [2.75, 3.05) is 19.6 Å². The summed E-state index contributed by atoms with van der Waals surface area (Å²) in [5.74, 6) is -0.0342.